The highest BCUT2D eigenvalue weighted by Crippen LogP contribution is 2.37. The highest BCUT2D eigenvalue weighted by atomic mass is 19.4. The molecule has 1 saturated carbocycles. The molecule has 0 aromatic carbocycles. The van der Waals surface area contributed by atoms with Crippen molar-refractivity contribution in [3.8, 4) is 0 Å². The molecule has 1 aliphatic heterocycles. The average molecular weight is 280 g/mol. The van der Waals surface area contributed by atoms with Crippen LogP contribution in [-0.4, -0.2) is 41.9 Å². The van der Waals surface area contributed by atoms with Gasteiger partial charge in [-0.3, -0.25) is 4.79 Å². The Morgan fingerprint density at radius 3 is 2.58 bits per heavy atom. The molecule has 2 rings (SSSR count). The van der Waals surface area contributed by atoms with Gasteiger partial charge in [0.15, 0.2) is 0 Å². The summed E-state index contributed by atoms with van der Waals surface area (Å²) in [6, 6.07) is -0.895. The van der Waals surface area contributed by atoms with Crippen molar-refractivity contribution in [2.24, 2.45) is 5.92 Å². The molecule has 0 aromatic heterocycles. The van der Waals surface area contributed by atoms with E-state index >= 15 is 0 Å². The number of carbonyl (C=O) groups excluding carboxylic acids is 1. The molecule has 1 amide bonds. The number of alkyl halides is 3. The number of amides is 1. The smallest absolute Gasteiger partial charge is 0.391 e. The fourth-order valence-corrected chi connectivity index (χ4v) is 2.84. The second-order valence-corrected chi connectivity index (χ2v) is 5.46. The number of nitrogens with one attached hydrogen (secondary N) is 2. The Kier molecular flexibility index (Phi) is 4.35. The lowest BCUT2D eigenvalue weighted by Crippen LogP contribution is -2.47. The van der Waals surface area contributed by atoms with Gasteiger partial charge in [0.05, 0.1) is 18.1 Å². The molecule has 0 bridgehead atoms. The highest BCUT2D eigenvalue weighted by molar-refractivity contribution is 5.82. The number of aliphatic hydroxyl groups excluding tert-OH is 1. The van der Waals surface area contributed by atoms with Gasteiger partial charge in [0.2, 0.25) is 5.91 Å². The molecule has 1 aliphatic carbocycles. The number of hydrogen-bond donors (Lipinski definition) is 3. The molecule has 4 nitrogen and oxygen atoms in total. The van der Waals surface area contributed by atoms with Gasteiger partial charge < -0.3 is 15.7 Å². The molecule has 110 valence electrons. The van der Waals surface area contributed by atoms with Gasteiger partial charge in [-0.2, -0.15) is 13.2 Å². The third kappa shape index (κ3) is 3.82. The minimum Gasteiger partial charge on any atom is -0.392 e. The number of hydrogen-bond acceptors (Lipinski definition) is 3. The van der Waals surface area contributed by atoms with Gasteiger partial charge in [0, 0.05) is 12.6 Å². The molecule has 2 fully saturated rings. The molecule has 4 unspecified atom stereocenters. The van der Waals surface area contributed by atoms with Crippen molar-refractivity contribution in [3.63, 3.8) is 0 Å². The van der Waals surface area contributed by atoms with E-state index in [1.54, 1.807) is 0 Å². The van der Waals surface area contributed by atoms with Crippen LogP contribution in [0.25, 0.3) is 0 Å². The highest BCUT2D eigenvalue weighted by Gasteiger charge is 2.42. The van der Waals surface area contributed by atoms with E-state index in [9.17, 15) is 23.1 Å². The van der Waals surface area contributed by atoms with E-state index in [4.69, 9.17) is 0 Å². The Morgan fingerprint density at radius 1 is 1.26 bits per heavy atom. The summed E-state index contributed by atoms with van der Waals surface area (Å²) in [5.74, 6) is -1.61. The molecule has 0 spiro atoms. The maximum atomic E-state index is 12.6. The van der Waals surface area contributed by atoms with E-state index in [1.165, 1.54) is 0 Å². The van der Waals surface area contributed by atoms with Gasteiger partial charge in [-0.15, -0.1) is 0 Å². The Hall–Kier alpha value is -0.820. The SMILES string of the molecule is O=C(NC1CCCC(C(F)(F)F)C1)C1CC(O)CN1. The largest absolute Gasteiger partial charge is 0.392 e. The van der Waals surface area contributed by atoms with Crippen LogP contribution in [0, 0.1) is 5.92 Å². The minimum absolute atomic E-state index is 0.0372. The maximum absolute atomic E-state index is 12.6. The van der Waals surface area contributed by atoms with Crippen LogP contribution in [-0.2, 0) is 4.79 Å². The van der Waals surface area contributed by atoms with E-state index in [-0.39, 0.29) is 18.7 Å². The molecule has 0 radical (unpaired) electrons. The van der Waals surface area contributed by atoms with Crippen LogP contribution >= 0.6 is 0 Å². The second kappa shape index (κ2) is 5.66. The monoisotopic (exact) mass is 280 g/mol. The average Bonchev–Trinajstić information content (AvgIpc) is 2.75. The lowest BCUT2D eigenvalue weighted by Gasteiger charge is -2.31. The van der Waals surface area contributed by atoms with Crippen LogP contribution in [0.15, 0.2) is 0 Å². The Balaban J connectivity index is 1.84. The summed E-state index contributed by atoms with van der Waals surface area (Å²) in [6.45, 7) is 0.355. The first-order valence-corrected chi connectivity index (χ1v) is 6.65. The number of carbonyl (C=O) groups is 1. The summed E-state index contributed by atoms with van der Waals surface area (Å²) in [4.78, 5) is 11.8. The topological polar surface area (TPSA) is 61.4 Å². The standard InChI is InChI=1S/C12H19F3N2O2/c13-12(14,15)7-2-1-3-8(4-7)17-11(19)10-5-9(18)6-16-10/h7-10,16,18H,1-6H2,(H,17,19). The van der Waals surface area contributed by atoms with Gasteiger partial charge >= 0.3 is 6.18 Å². The van der Waals surface area contributed by atoms with Gasteiger partial charge in [-0.05, 0) is 25.7 Å². The molecule has 19 heavy (non-hydrogen) atoms. The molecule has 7 heteroatoms. The summed E-state index contributed by atoms with van der Waals surface area (Å²) in [5.41, 5.74) is 0. The number of rotatable bonds is 2. The summed E-state index contributed by atoms with van der Waals surface area (Å²) in [5, 5.41) is 14.8. The van der Waals surface area contributed by atoms with Crippen molar-refractivity contribution < 1.29 is 23.1 Å². The summed E-state index contributed by atoms with van der Waals surface area (Å²) in [7, 11) is 0. The van der Waals surface area contributed by atoms with Crippen molar-refractivity contribution in [2.45, 2.75) is 56.5 Å². The molecule has 4 atom stereocenters. The van der Waals surface area contributed by atoms with Crippen LogP contribution < -0.4 is 10.6 Å². The van der Waals surface area contributed by atoms with Crippen LogP contribution in [0.4, 0.5) is 13.2 Å². The first-order chi connectivity index (χ1) is 8.86. The van der Waals surface area contributed by atoms with Crippen molar-refractivity contribution in [1.82, 2.24) is 10.6 Å². The van der Waals surface area contributed by atoms with Crippen LogP contribution in [0.2, 0.25) is 0 Å². The van der Waals surface area contributed by atoms with Crippen molar-refractivity contribution in [1.29, 1.82) is 0 Å². The van der Waals surface area contributed by atoms with Crippen LogP contribution in [0.3, 0.4) is 0 Å². The van der Waals surface area contributed by atoms with E-state index in [0.717, 1.165) is 0 Å². The van der Waals surface area contributed by atoms with E-state index in [2.05, 4.69) is 10.6 Å². The number of β-amino-alcohol motifs (C(OH)–C–C–N with tert-alkyl or cyclic N) is 1. The van der Waals surface area contributed by atoms with E-state index < -0.39 is 30.3 Å². The van der Waals surface area contributed by atoms with Crippen molar-refractivity contribution in [2.75, 3.05) is 6.54 Å². The third-order valence-corrected chi connectivity index (χ3v) is 3.91. The molecule has 1 saturated heterocycles. The first-order valence-electron chi connectivity index (χ1n) is 6.65. The van der Waals surface area contributed by atoms with Gasteiger partial charge in [-0.1, -0.05) is 6.42 Å². The molecule has 1 heterocycles. The molecule has 0 aromatic rings. The van der Waals surface area contributed by atoms with Gasteiger partial charge in [0.25, 0.3) is 0 Å². The van der Waals surface area contributed by atoms with Crippen molar-refractivity contribution >= 4 is 5.91 Å². The second-order valence-electron chi connectivity index (χ2n) is 5.46. The maximum Gasteiger partial charge on any atom is 0.391 e. The Labute approximate surface area is 109 Å². The van der Waals surface area contributed by atoms with Crippen molar-refractivity contribution in [3.05, 3.63) is 0 Å². The van der Waals surface area contributed by atoms with Crippen LogP contribution in [0.1, 0.15) is 32.1 Å². The minimum atomic E-state index is -4.18. The number of aliphatic hydroxyl groups is 1. The third-order valence-electron chi connectivity index (χ3n) is 3.91. The quantitative estimate of drug-likeness (QED) is 0.705. The zero-order valence-corrected chi connectivity index (χ0v) is 10.5. The molecule has 2 aliphatic rings. The van der Waals surface area contributed by atoms with Gasteiger partial charge in [-0.25, -0.2) is 0 Å². The molecular formula is C12H19F3N2O2. The fraction of sp³-hybridized carbons (Fsp3) is 0.917. The number of halogens is 3. The van der Waals surface area contributed by atoms with Gasteiger partial charge in [0.1, 0.15) is 0 Å². The first kappa shape index (κ1) is 14.6. The zero-order chi connectivity index (χ0) is 14.0. The fourth-order valence-electron chi connectivity index (χ4n) is 2.84. The normalized spacial score (nSPS) is 36.2. The Morgan fingerprint density at radius 2 is 2.00 bits per heavy atom. The van der Waals surface area contributed by atoms with E-state index in [1.807, 2.05) is 0 Å². The lowest BCUT2D eigenvalue weighted by atomic mass is 9.85. The Bertz CT molecular complexity index is 335. The molecule has 3 N–H and O–H groups in total. The summed E-state index contributed by atoms with van der Waals surface area (Å²) in [6.07, 6.45) is -3.22. The van der Waals surface area contributed by atoms with Crippen LogP contribution in [0.5, 0.6) is 0 Å². The molecular weight excluding hydrogens is 261 g/mol. The predicted molar refractivity (Wildman–Crippen MR) is 62.4 cm³/mol. The predicted octanol–water partition coefficient (Wildman–Crippen LogP) is 0.946. The zero-order valence-electron chi connectivity index (χ0n) is 10.5. The summed E-state index contributed by atoms with van der Waals surface area (Å²) >= 11 is 0. The summed E-state index contributed by atoms with van der Waals surface area (Å²) < 4.78 is 37.9. The lowest BCUT2D eigenvalue weighted by molar-refractivity contribution is -0.184. The van der Waals surface area contributed by atoms with E-state index in [0.29, 0.717) is 25.8 Å².